The molecule has 216 valence electrons. The van der Waals surface area contributed by atoms with Crippen LogP contribution >= 0.6 is 11.8 Å². The fraction of sp³-hybridized carbons (Fsp3) is 0.323. The van der Waals surface area contributed by atoms with E-state index in [-0.39, 0.29) is 24.1 Å². The first kappa shape index (κ1) is 29.9. The number of amides is 2. The highest BCUT2D eigenvalue weighted by Crippen LogP contribution is 2.32. The largest absolute Gasteiger partial charge is 0.494 e. The van der Waals surface area contributed by atoms with E-state index in [1.165, 1.54) is 36.0 Å². The predicted molar refractivity (Wildman–Crippen MR) is 160 cm³/mol. The van der Waals surface area contributed by atoms with E-state index in [0.29, 0.717) is 66.6 Å². The quantitative estimate of drug-likeness (QED) is 0.274. The van der Waals surface area contributed by atoms with Crippen LogP contribution < -0.4 is 19.5 Å². The molecule has 1 unspecified atom stereocenters. The number of thioether (sulfide) groups is 1. The topological polar surface area (TPSA) is 89.5 Å². The molecule has 0 saturated carbocycles. The van der Waals surface area contributed by atoms with E-state index in [0.717, 1.165) is 5.56 Å². The number of benzene rings is 3. The minimum absolute atomic E-state index is 0.0115. The molecule has 1 atom stereocenters. The SMILES string of the molecule is CCOc1cccc(NC(=O)C2CC(=O)N(CCc3ccc(OCC)c(OCC)c3)C(=Nc3ccc(F)cc3)S2)c1. The summed E-state index contributed by atoms with van der Waals surface area (Å²) in [5, 5.41) is 2.58. The zero-order chi connectivity index (χ0) is 29.2. The Labute approximate surface area is 243 Å². The third kappa shape index (κ3) is 8.23. The third-order valence-corrected chi connectivity index (χ3v) is 7.32. The molecule has 3 aromatic rings. The first-order valence-electron chi connectivity index (χ1n) is 13.6. The van der Waals surface area contributed by atoms with E-state index in [9.17, 15) is 14.0 Å². The number of amidine groups is 1. The molecule has 1 aliphatic rings. The lowest BCUT2D eigenvalue weighted by atomic mass is 10.1. The van der Waals surface area contributed by atoms with Crippen LogP contribution in [0.4, 0.5) is 15.8 Å². The van der Waals surface area contributed by atoms with Crippen molar-refractivity contribution < 1.29 is 28.2 Å². The highest BCUT2D eigenvalue weighted by Gasteiger charge is 2.36. The standard InChI is InChI=1S/C31H34FN3O5S/c1-4-38-25-9-7-8-24(19-25)33-30(37)28-20-29(36)35(31(41-28)34-23-13-11-22(32)12-14-23)17-16-21-10-15-26(39-5-2)27(18-21)40-6-3/h7-15,18-19,28H,4-6,16-17,20H2,1-3H3,(H,33,37). The molecule has 0 aliphatic carbocycles. The summed E-state index contributed by atoms with van der Waals surface area (Å²) in [5.41, 5.74) is 2.02. The van der Waals surface area contributed by atoms with Crippen molar-refractivity contribution in [3.63, 3.8) is 0 Å². The van der Waals surface area contributed by atoms with Gasteiger partial charge in [-0.2, -0.15) is 0 Å². The molecule has 2 amide bonds. The molecule has 3 aromatic carbocycles. The van der Waals surface area contributed by atoms with Gasteiger partial charge in [-0.1, -0.05) is 23.9 Å². The van der Waals surface area contributed by atoms with Crippen LogP contribution in [0.3, 0.4) is 0 Å². The predicted octanol–water partition coefficient (Wildman–Crippen LogP) is 6.22. The van der Waals surface area contributed by atoms with Gasteiger partial charge in [0.25, 0.3) is 0 Å². The lowest BCUT2D eigenvalue weighted by Crippen LogP contribution is -2.46. The van der Waals surface area contributed by atoms with Crippen molar-refractivity contribution in [3.05, 3.63) is 78.1 Å². The molecule has 41 heavy (non-hydrogen) atoms. The summed E-state index contributed by atoms with van der Waals surface area (Å²) < 4.78 is 30.5. The molecule has 8 nitrogen and oxygen atoms in total. The fourth-order valence-electron chi connectivity index (χ4n) is 4.23. The van der Waals surface area contributed by atoms with E-state index in [2.05, 4.69) is 10.3 Å². The Bertz CT molecular complexity index is 1380. The van der Waals surface area contributed by atoms with E-state index < -0.39 is 5.25 Å². The lowest BCUT2D eigenvalue weighted by Gasteiger charge is -2.32. The summed E-state index contributed by atoms with van der Waals surface area (Å²) >= 11 is 1.21. The van der Waals surface area contributed by atoms with Crippen molar-refractivity contribution >= 4 is 40.1 Å². The molecule has 0 aromatic heterocycles. The number of nitrogens with zero attached hydrogens (tertiary/aromatic N) is 2. The Balaban J connectivity index is 1.53. The Hall–Kier alpha value is -4.05. The van der Waals surface area contributed by atoms with Gasteiger partial charge in [-0.3, -0.25) is 14.5 Å². The van der Waals surface area contributed by atoms with Crippen molar-refractivity contribution in [1.82, 2.24) is 4.90 Å². The maximum absolute atomic E-state index is 13.5. The van der Waals surface area contributed by atoms with Gasteiger partial charge in [0.1, 0.15) is 16.8 Å². The van der Waals surface area contributed by atoms with Crippen molar-refractivity contribution in [2.24, 2.45) is 4.99 Å². The number of carbonyl (C=O) groups excluding carboxylic acids is 2. The second kappa shape index (κ2) is 14.5. The molecule has 4 rings (SSSR count). The van der Waals surface area contributed by atoms with Crippen LogP contribution in [0, 0.1) is 5.82 Å². The normalized spacial score (nSPS) is 16.0. The van der Waals surface area contributed by atoms with Crippen LogP contribution in [-0.4, -0.2) is 53.5 Å². The molecule has 0 spiro atoms. The zero-order valence-electron chi connectivity index (χ0n) is 23.4. The number of nitrogens with one attached hydrogen (secondary N) is 1. The number of rotatable bonds is 12. The summed E-state index contributed by atoms with van der Waals surface area (Å²) in [6.07, 6.45) is 0.542. The zero-order valence-corrected chi connectivity index (χ0v) is 24.2. The van der Waals surface area contributed by atoms with Crippen LogP contribution in [0.25, 0.3) is 0 Å². The van der Waals surface area contributed by atoms with Gasteiger partial charge >= 0.3 is 0 Å². The second-order valence-electron chi connectivity index (χ2n) is 9.07. The number of halogens is 1. The van der Waals surface area contributed by atoms with Gasteiger partial charge in [0.15, 0.2) is 16.7 Å². The first-order chi connectivity index (χ1) is 19.9. The monoisotopic (exact) mass is 579 g/mol. The average molecular weight is 580 g/mol. The minimum Gasteiger partial charge on any atom is -0.494 e. The van der Waals surface area contributed by atoms with Gasteiger partial charge in [0, 0.05) is 24.7 Å². The molecular weight excluding hydrogens is 545 g/mol. The third-order valence-electron chi connectivity index (χ3n) is 6.13. The van der Waals surface area contributed by atoms with Gasteiger partial charge < -0.3 is 19.5 Å². The molecule has 0 radical (unpaired) electrons. The highest BCUT2D eigenvalue weighted by molar-refractivity contribution is 8.15. The summed E-state index contributed by atoms with van der Waals surface area (Å²) in [4.78, 5) is 32.9. The summed E-state index contributed by atoms with van der Waals surface area (Å²) in [5.74, 6) is 1.05. The van der Waals surface area contributed by atoms with Crippen LogP contribution in [0.2, 0.25) is 0 Å². The Morgan fingerprint density at radius 1 is 0.976 bits per heavy atom. The van der Waals surface area contributed by atoms with Crippen molar-refractivity contribution in [3.8, 4) is 17.2 Å². The lowest BCUT2D eigenvalue weighted by molar-refractivity contribution is -0.129. The van der Waals surface area contributed by atoms with Gasteiger partial charge in [-0.15, -0.1) is 0 Å². The number of anilines is 1. The fourth-order valence-corrected chi connectivity index (χ4v) is 5.36. The Morgan fingerprint density at radius 3 is 2.44 bits per heavy atom. The van der Waals surface area contributed by atoms with E-state index in [4.69, 9.17) is 14.2 Å². The van der Waals surface area contributed by atoms with Gasteiger partial charge in [-0.25, -0.2) is 9.38 Å². The van der Waals surface area contributed by atoms with Gasteiger partial charge in [0.05, 0.1) is 25.5 Å². The number of ether oxygens (including phenoxy) is 3. The van der Waals surface area contributed by atoms with Gasteiger partial charge in [0.2, 0.25) is 11.8 Å². The summed E-state index contributed by atoms with van der Waals surface area (Å²) in [6.45, 7) is 7.58. The van der Waals surface area contributed by atoms with Crippen LogP contribution in [0.5, 0.6) is 17.2 Å². The molecular formula is C31H34FN3O5S. The number of carbonyl (C=O) groups is 2. The van der Waals surface area contributed by atoms with Crippen LogP contribution in [0.15, 0.2) is 71.7 Å². The number of hydrogen-bond donors (Lipinski definition) is 1. The van der Waals surface area contributed by atoms with E-state index in [1.54, 1.807) is 23.1 Å². The smallest absolute Gasteiger partial charge is 0.238 e. The second-order valence-corrected chi connectivity index (χ2v) is 10.2. The van der Waals surface area contributed by atoms with E-state index in [1.807, 2.05) is 45.0 Å². The van der Waals surface area contributed by atoms with E-state index >= 15 is 0 Å². The molecule has 1 N–H and O–H groups in total. The van der Waals surface area contributed by atoms with Gasteiger partial charge in [-0.05, 0) is 81.3 Å². The maximum Gasteiger partial charge on any atom is 0.238 e. The van der Waals surface area contributed by atoms with Crippen molar-refractivity contribution in [1.29, 1.82) is 0 Å². The van der Waals surface area contributed by atoms with Crippen LogP contribution in [-0.2, 0) is 16.0 Å². The molecule has 0 bridgehead atoms. The summed E-state index contributed by atoms with van der Waals surface area (Å²) in [7, 11) is 0. The molecule has 1 fully saturated rings. The minimum atomic E-state index is -0.691. The molecule has 1 heterocycles. The maximum atomic E-state index is 13.5. The van der Waals surface area contributed by atoms with Crippen molar-refractivity contribution in [2.45, 2.75) is 38.9 Å². The number of hydrogen-bond acceptors (Lipinski definition) is 7. The summed E-state index contributed by atoms with van der Waals surface area (Å²) in [6, 6.07) is 18.5. The first-order valence-corrected chi connectivity index (χ1v) is 14.5. The molecule has 1 saturated heterocycles. The molecule has 1 aliphatic heterocycles. The van der Waals surface area contributed by atoms with Crippen LogP contribution in [0.1, 0.15) is 32.8 Å². The highest BCUT2D eigenvalue weighted by atomic mass is 32.2. The average Bonchev–Trinajstić information content (AvgIpc) is 2.95. The Morgan fingerprint density at radius 2 is 1.71 bits per heavy atom. The molecule has 10 heteroatoms. The number of aliphatic imine (C=N–C) groups is 1. The van der Waals surface area contributed by atoms with Crippen molar-refractivity contribution in [2.75, 3.05) is 31.7 Å². The Kier molecular flexibility index (Phi) is 10.6.